The first-order valence-corrected chi connectivity index (χ1v) is 8.72. The summed E-state index contributed by atoms with van der Waals surface area (Å²) in [6.07, 6.45) is 1.34. The minimum atomic E-state index is -0.150. The fraction of sp³-hybridized carbons (Fsp3) is 0.421. The van der Waals surface area contributed by atoms with Gasteiger partial charge in [0, 0.05) is 37.7 Å². The van der Waals surface area contributed by atoms with Crippen LogP contribution in [-0.4, -0.2) is 46.7 Å². The second-order valence-corrected chi connectivity index (χ2v) is 6.58. The monoisotopic (exact) mass is 356 g/mol. The van der Waals surface area contributed by atoms with Gasteiger partial charge < -0.3 is 9.64 Å². The van der Waals surface area contributed by atoms with E-state index in [4.69, 9.17) is 4.74 Å². The molecule has 2 aromatic rings. The Morgan fingerprint density at radius 2 is 1.85 bits per heavy atom. The zero-order chi connectivity index (χ0) is 18.7. The highest BCUT2D eigenvalue weighted by Gasteiger charge is 2.28. The highest BCUT2D eigenvalue weighted by atomic mass is 16.5. The number of piperidine rings is 1. The molecular formula is C19H24N4O3. The maximum atomic E-state index is 12.6. The number of methoxy groups -OCH3 is 1. The van der Waals surface area contributed by atoms with Crippen molar-refractivity contribution < 1.29 is 14.3 Å². The van der Waals surface area contributed by atoms with Crippen LogP contribution in [0.1, 0.15) is 28.9 Å². The van der Waals surface area contributed by atoms with Crippen LogP contribution in [0.5, 0.6) is 5.75 Å². The zero-order valence-corrected chi connectivity index (χ0v) is 15.4. The van der Waals surface area contributed by atoms with Gasteiger partial charge in [0.25, 0.3) is 0 Å². The first-order chi connectivity index (χ1) is 12.5. The molecular weight excluding hydrogens is 332 g/mol. The third-order valence-corrected chi connectivity index (χ3v) is 4.76. The summed E-state index contributed by atoms with van der Waals surface area (Å²) in [5, 5.41) is 7.10. The van der Waals surface area contributed by atoms with Gasteiger partial charge in [0.15, 0.2) is 5.78 Å². The first kappa shape index (κ1) is 18.0. The van der Waals surface area contributed by atoms with E-state index < -0.39 is 0 Å². The van der Waals surface area contributed by atoms with Crippen molar-refractivity contribution in [3.63, 3.8) is 0 Å². The van der Waals surface area contributed by atoms with Crippen LogP contribution >= 0.6 is 0 Å². The van der Waals surface area contributed by atoms with Gasteiger partial charge in [-0.2, -0.15) is 5.10 Å². The molecule has 1 aromatic heterocycles. The normalized spacial score (nSPS) is 15.0. The summed E-state index contributed by atoms with van der Waals surface area (Å²) >= 11 is 0. The maximum Gasteiger partial charge on any atom is 0.322 e. The average Bonchev–Trinajstić information content (AvgIpc) is 2.98. The number of hydrogen-bond donors (Lipinski definition) is 1. The minimum Gasteiger partial charge on any atom is -0.497 e. The van der Waals surface area contributed by atoms with Gasteiger partial charge in [0.1, 0.15) is 11.6 Å². The van der Waals surface area contributed by atoms with Crippen molar-refractivity contribution in [3.8, 4) is 5.75 Å². The van der Waals surface area contributed by atoms with Gasteiger partial charge in [-0.3, -0.25) is 14.8 Å². The van der Waals surface area contributed by atoms with E-state index in [0.717, 1.165) is 11.4 Å². The van der Waals surface area contributed by atoms with E-state index in [1.54, 1.807) is 48.0 Å². The molecule has 1 aliphatic heterocycles. The molecule has 0 radical (unpaired) electrons. The number of ether oxygens (including phenoxy) is 1. The van der Waals surface area contributed by atoms with Crippen molar-refractivity contribution in [2.75, 3.05) is 25.5 Å². The van der Waals surface area contributed by atoms with Gasteiger partial charge in [0.2, 0.25) is 0 Å². The van der Waals surface area contributed by atoms with E-state index in [1.807, 2.05) is 13.0 Å². The van der Waals surface area contributed by atoms with E-state index in [-0.39, 0.29) is 17.7 Å². The lowest BCUT2D eigenvalue weighted by Gasteiger charge is -2.31. The number of aromatic nitrogens is 2. The van der Waals surface area contributed by atoms with Gasteiger partial charge in [-0.25, -0.2) is 4.79 Å². The van der Waals surface area contributed by atoms with Gasteiger partial charge in [-0.05, 0) is 44.0 Å². The summed E-state index contributed by atoms with van der Waals surface area (Å²) in [5.41, 5.74) is 1.55. The molecule has 3 rings (SSSR count). The standard InChI is InChI=1S/C19H24N4O3/c1-13-12-17(22(2)21-13)20-19(25)23-10-8-15(9-11-23)18(24)14-4-6-16(26-3)7-5-14/h4-7,12,15H,8-11H2,1-3H3,(H,20,25). The summed E-state index contributed by atoms with van der Waals surface area (Å²) in [4.78, 5) is 26.8. The number of hydrogen-bond acceptors (Lipinski definition) is 4. The summed E-state index contributed by atoms with van der Waals surface area (Å²) in [5.74, 6) is 1.49. The Kier molecular flexibility index (Phi) is 5.25. The fourth-order valence-corrected chi connectivity index (χ4v) is 3.25. The molecule has 7 heteroatoms. The Morgan fingerprint density at radius 3 is 2.38 bits per heavy atom. The molecule has 0 unspecified atom stereocenters. The van der Waals surface area contributed by atoms with Crippen molar-refractivity contribution in [2.24, 2.45) is 13.0 Å². The number of ketones is 1. The molecule has 2 heterocycles. The molecule has 7 nitrogen and oxygen atoms in total. The molecule has 1 N–H and O–H groups in total. The average molecular weight is 356 g/mol. The highest BCUT2D eigenvalue weighted by molar-refractivity contribution is 5.98. The molecule has 0 spiro atoms. The molecule has 138 valence electrons. The van der Waals surface area contributed by atoms with Crippen LogP contribution < -0.4 is 10.1 Å². The molecule has 1 aliphatic rings. The van der Waals surface area contributed by atoms with Crippen LogP contribution in [0, 0.1) is 12.8 Å². The Labute approximate surface area is 152 Å². The van der Waals surface area contributed by atoms with E-state index in [1.165, 1.54) is 0 Å². The van der Waals surface area contributed by atoms with Gasteiger partial charge in [-0.1, -0.05) is 0 Å². The first-order valence-electron chi connectivity index (χ1n) is 8.72. The number of anilines is 1. The summed E-state index contributed by atoms with van der Waals surface area (Å²) in [6, 6.07) is 8.87. The molecule has 1 aromatic carbocycles. The number of benzene rings is 1. The number of nitrogens with zero attached hydrogens (tertiary/aromatic N) is 3. The van der Waals surface area contributed by atoms with Crippen LogP contribution in [0.3, 0.4) is 0 Å². The van der Waals surface area contributed by atoms with Crippen molar-refractivity contribution in [3.05, 3.63) is 41.6 Å². The van der Waals surface area contributed by atoms with E-state index in [9.17, 15) is 9.59 Å². The number of nitrogens with one attached hydrogen (secondary N) is 1. The number of rotatable bonds is 4. The van der Waals surface area contributed by atoms with Gasteiger partial charge >= 0.3 is 6.03 Å². The molecule has 1 saturated heterocycles. The number of likely N-dealkylation sites (tertiary alicyclic amines) is 1. The summed E-state index contributed by atoms with van der Waals surface area (Å²) in [6.45, 7) is 3.01. The quantitative estimate of drug-likeness (QED) is 0.855. The smallest absolute Gasteiger partial charge is 0.322 e. The van der Waals surface area contributed by atoms with Gasteiger partial charge in [0.05, 0.1) is 12.8 Å². The molecule has 0 aliphatic carbocycles. The molecule has 1 fully saturated rings. The predicted molar refractivity (Wildman–Crippen MR) is 98.6 cm³/mol. The minimum absolute atomic E-state index is 0.0496. The van der Waals surface area contributed by atoms with E-state index in [0.29, 0.717) is 37.3 Å². The lowest BCUT2D eigenvalue weighted by atomic mass is 9.89. The maximum absolute atomic E-state index is 12.6. The van der Waals surface area contributed by atoms with Crippen molar-refractivity contribution in [2.45, 2.75) is 19.8 Å². The number of urea groups is 1. The zero-order valence-electron chi connectivity index (χ0n) is 15.4. The Balaban J connectivity index is 1.55. The Bertz CT molecular complexity index is 790. The number of carbonyl (C=O) groups excluding carboxylic acids is 2. The number of Topliss-reactive ketones (excluding diaryl/α,β-unsaturated/α-hetero) is 1. The largest absolute Gasteiger partial charge is 0.497 e. The summed E-state index contributed by atoms with van der Waals surface area (Å²) in [7, 11) is 3.40. The third-order valence-electron chi connectivity index (χ3n) is 4.76. The van der Waals surface area contributed by atoms with E-state index in [2.05, 4.69) is 10.4 Å². The third kappa shape index (κ3) is 3.87. The lowest BCUT2D eigenvalue weighted by molar-refractivity contribution is 0.0859. The Hall–Kier alpha value is -2.83. The van der Waals surface area contributed by atoms with Crippen LogP contribution in [-0.2, 0) is 7.05 Å². The topological polar surface area (TPSA) is 76.5 Å². The predicted octanol–water partition coefficient (Wildman–Crippen LogP) is 2.86. The second-order valence-electron chi connectivity index (χ2n) is 6.58. The molecule has 0 bridgehead atoms. The fourth-order valence-electron chi connectivity index (χ4n) is 3.25. The van der Waals surface area contributed by atoms with Crippen LogP contribution in [0.15, 0.2) is 30.3 Å². The second kappa shape index (κ2) is 7.59. The molecule has 2 amide bonds. The number of aryl methyl sites for hydroxylation is 2. The van der Waals surface area contributed by atoms with Crippen LogP contribution in [0.2, 0.25) is 0 Å². The van der Waals surface area contributed by atoms with Gasteiger partial charge in [-0.15, -0.1) is 0 Å². The summed E-state index contributed by atoms with van der Waals surface area (Å²) < 4.78 is 6.77. The van der Waals surface area contributed by atoms with Crippen molar-refractivity contribution >= 4 is 17.6 Å². The number of carbonyl (C=O) groups is 2. The van der Waals surface area contributed by atoms with Crippen LogP contribution in [0.25, 0.3) is 0 Å². The lowest BCUT2D eigenvalue weighted by Crippen LogP contribution is -2.42. The van der Waals surface area contributed by atoms with Crippen molar-refractivity contribution in [1.82, 2.24) is 14.7 Å². The van der Waals surface area contributed by atoms with Crippen molar-refractivity contribution in [1.29, 1.82) is 0 Å². The molecule has 0 atom stereocenters. The molecule has 26 heavy (non-hydrogen) atoms. The van der Waals surface area contributed by atoms with Crippen LogP contribution in [0.4, 0.5) is 10.6 Å². The Morgan fingerprint density at radius 1 is 1.19 bits per heavy atom. The SMILES string of the molecule is COc1ccc(C(=O)C2CCN(C(=O)Nc3cc(C)nn3C)CC2)cc1. The highest BCUT2D eigenvalue weighted by Crippen LogP contribution is 2.23. The number of amides is 2. The molecule has 0 saturated carbocycles. The van der Waals surface area contributed by atoms with E-state index >= 15 is 0 Å².